The number of fused-ring (bicyclic) bond motifs is 7. The molecular weight excluding hydrogens is 705 g/mol. The number of nitrogens with zero attached hydrogens (tertiary/aromatic N) is 4. The number of hydrogen-bond donors (Lipinski definition) is 2. The van der Waals surface area contributed by atoms with E-state index in [0.717, 1.165) is 73.9 Å². The molecule has 0 spiro atoms. The van der Waals surface area contributed by atoms with Crippen LogP contribution in [0.25, 0.3) is 27.4 Å². The monoisotopic (exact) mass is 747 g/mol. The van der Waals surface area contributed by atoms with Crippen LogP contribution in [0, 0.1) is 5.82 Å². The first-order valence-electron chi connectivity index (χ1n) is 17.4. The minimum atomic E-state index is -1.01. The molecule has 0 saturated heterocycles. The molecule has 3 aromatic carbocycles. The van der Waals surface area contributed by atoms with Crippen molar-refractivity contribution in [2.45, 2.75) is 37.5 Å². The van der Waals surface area contributed by atoms with Crippen molar-refractivity contribution in [2.75, 3.05) is 46.3 Å². The first-order chi connectivity index (χ1) is 25.1. The summed E-state index contributed by atoms with van der Waals surface area (Å²) in [5.41, 5.74) is 11.2. The fourth-order valence-corrected chi connectivity index (χ4v) is 8.81. The Bertz CT molecular complexity index is 2180. The van der Waals surface area contributed by atoms with Crippen LogP contribution in [0.5, 0.6) is 5.75 Å². The second-order valence-corrected chi connectivity index (χ2v) is 14.7. The van der Waals surface area contributed by atoms with Crippen LogP contribution < -0.4 is 10.2 Å². The van der Waals surface area contributed by atoms with Gasteiger partial charge in [-0.3, -0.25) is 4.68 Å². The third-order valence-electron chi connectivity index (χ3n) is 9.94. The predicted molar refractivity (Wildman–Crippen MR) is 204 cm³/mol. The highest BCUT2D eigenvalue weighted by atomic mass is 35.5. The van der Waals surface area contributed by atoms with E-state index in [4.69, 9.17) is 30.9 Å². The summed E-state index contributed by atoms with van der Waals surface area (Å²) in [6.07, 6.45) is 2.53. The van der Waals surface area contributed by atoms with Gasteiger partial charge in [0.05, 0.1) is 54.4 Å². The lowest BCUT2D eigenvalue weighted by Crippen LogP contribution is -2.38. The van der Waals surface area contributed by atoms with Gasteiger partial charge in [-0.15, -0.1) is 0 Å². The van der Waals surface area contributed by atoms with Crippen LogP contribution in [-0.4, -0.2) is 82.8 Å². The van der Waals surface area contributed by atoms with Crippen molar-refractivity contribution in [2.24, 2.45) is 14.1 Å². The van der Waals surface area contributed by atoms with Crippen LogP contribution >= 0.6 is 23.4 Å². The van der Waals surface area contributed by atoms with E-state index >= 15 is 0 Å². The number of benzene rings is 3. The van der Waals surface area contributed by atoms with Crippen LogP contribution in [0.1, 0.15) is 45.0 Å². The molecule has 52 heavy (non-hydrogen) atoms. The summed E-state index contributed by atoms with van der Waals surface area (Å²) in [6.45, 7) is 1.73. The largest absolute Gasteiger partial charge is 0.493 e. The number of aryl methyl sites for hydroxylation is 5. The van der Waals surface area contributed by atoms with Crippen molar-refractivity contribution >= 4 is 56.7 Å². The highest BCUT2D eigenvalue weighted by Crippen LogP contribution is 2.42. The third-order valence-corrected chi connectivity index (χ3v) is 11.3. The number of thioether (sulfide) groups is 1. The van der Waals surface area contributed by atoms with Crippen molar-refractivity contribution < 1.29 is 28.5 Å². The van der Waals surface area contributed by atoms with Gasteiger partial charge in [0.2, 0.25) is 0 Å². The number of hydrazine groups is 1. The quantitative estimate of drug-likeness (QED) is 0.182. The maximum Gasteiger partial charge on any atom is 0.352 e. The van der Waals surface area contributed by atoms with E-state index in [2.05, 4.69) is 11.5 Å². The van der Waals surface area contributed by atoms with Gasteiger partial charge in [-0.05, 0) is 84.2 Å². The maximum absolute atomic E-state index is 14.4. The topological polar surface area (TPSA) is 103 Å². The zero-order chi connectivity index (χ0) is 36.5. The SMILES string of the molecule is COCCOCC1NN(C)C2=C1CSCc1cc(n(C)n1)CCc1cc(c3ccc(F)cc3c1)OCCCc1c(C(=O)O)n(C)c3c2c(Cl)ccc13. The van der Waals surface area contributed by atoms with Gasteiger partial charge in [0.15, 0.2) is 0 Å². The number of halogens is 2. The van der Waals surface area contributed by atoms with E-state index in [1.165, 1.54) is 6.07 Å². The number of carbonyl (C=O) groups is 1. The molecule has 1 unspecified atom stereocenters. The Hall–Kier alpha value is -4.07. The summed E-state index contributed by atoms with van der Waals surface area (Å²) in [5.74, 6) is 0.733. The van der Waals surface area contributed by atoms with E-state index < -0.39 is 5.97 Å². The molecule has 13 heteroatoms. The Kier molecular flexibility index (Phi) is 10.8. The molecule has 2 N–H and O–H groups in total. The molecule has 2 aromatic heterocycles. The third kappa shape index (κ3) is 7.14. The Morgan fingerprint density at radius 2 is 1.90 bits per heavy atom. The number of carboxylic acid groups (broad SMARTS) is 1. The maximum atomic E-state index is 14.4. The van der Waals surface area contributed by atoms with Crippen LogP contribution in [0.3, 0.4) is 0 Å². The van der Waals surface area contributed by atoms with Crippen molar-refractivity contribution in [1.82, 2.24) is 24.8 Å². The van der Waals surface area contributed by atoms with Gasteiger partial charge < -0.3 is 28.9 Å². The fourth-order valence-electron chi connectivity index (χ4n) is 7.56. The molecule has 0 radical (unpaired) electrons. The van der Waals surface area contributed by atoms with Crippen molar-refractivity contribution in [3.8, 4) is 5.75 Å². The number of rotatable bonds is 6. The summed E-state index contributed by atoms with van der Waals surface area (Å²) in [4.78, 5) is 12.9. The lowest BCUT2D eigenvalue weighted by Gasteiger charge is -2.20. The van der Waals surface area contributed by atoms with Crippen molar-refractivity contribution in [1.29, 1.82) is 0 Å². The lowest BCUT2D eigenvalue weighted by atomic mass is 9.99. The van der Waals surface area contributed by atoms with E-state index in [1.54, 1.807) is 42.6 Å². The molecule has 2 aliphatic heterocycles. The first-order valence-corrected chi connectivity index (χ1v) is 19.0. The summed E-state index contributed by atoms with van der Waals surface area (Å²) in [6, 6.07) is 14.6. The molecule has 10 nitrogen and oxygen atoms in total. The number of hydrogen-bond acceptors (Lipinski definition) is 8. The molecular formula is C39H43ClFN5O5S. The Balaban J connectivity index is 1.34. The molecule has 8 bridgehead atoms. The summed E-state index contributed by atoms with van der Waals surface area (Å²) < 4.78 is 35.7. The average molecular weight is 748 g/mol. The van der Waals surface area contributed by atoms with Crippen LogP contribution in [0.2, 0.25) is 5.02 Å². The summed E-state index contributed by atoms with van der Waals surface area (Å²) in [7, 11) is 7.38. The molecule has 0 fully saturated rings. The number of carboxylic acids is 1. The molecule has 1 atom stereocenters. The average Bonchev–Trinajstić information content (AvgIpc) is 3.72. The van der Waals surface area contributed by atoms with Gasteiger partial charge in [0.25, 0.3) is 0 Å². The minimum Gasteiger partial charge on any atom is -0.493 e. The summed E-state index contributed by atoms with van der Waals surface area (Å²) >= 11 is 8.84. The Morgan fingerprint density at radius 3 is 2.71 bits per heavy atom. The molecule has 0 saturated carbocycles. The fraction of sp³-hybridized carbons (Fsp3) is 0.385. The first kappa shape index (κ1) is 36.3. The molecule has 5 aromatic rings. The van der Waals surface area contributed by atoms with Crippen LogP contribution in [-0.2, 0) is 48.6 Å². The number of ether oxygens (including phenoxy) is 3. The second-order valence-electron chi connectivity index (χ2n) is 13.3. The van der Waals surface area contributed by atoms with Crippen LogP contribution in [0.15, 0.2) is 54.1 Å². The predicted octanol–water partition coefficient (Wildman–Crippen LogP) is 6.79. The molecule has 0 aliphatic carbocycles. The number of methoxy groups -OCH3 is 1. The summed E-state index contributed by atoms with van der Waals surface area (Å²) in [5, 5.41) is 20.3. The van der Waals surface area contributed by atoms with E-state index in [-0.39, 0.29) is 17.6 Å². The van der Waals surface area contributed by atoms with Gasteiger partial charge in [-0.2, -0.15) is 16.9 Å². The Labute approximate surface area is 311 Å². The van der Waals surface area contributed by atoms with Gasteiger partial charge >= 0.3 is 5.97 Å². The number of nitrogens with one attached hydrogen (secondary N) is 1. The molecule has 2 aliphatic rings. The molecule has 274 valence electrons. The highest BCUT2D eigenvalue weighted by Gasteiger charge is 2.34. The van der Waals surface area contributed by atoms with Gasteiger partial charge in [-0.1, -0.05) is 23.7 Å². The van der Waals surface area contributed by atoms with Crippen LogP contribution in [0.4, 0.5) is 4.39 Å². The van der Waals surface area contributed by atoms with Crippen molar-refractivity contribution in [3.05, 3.63) is 98.7 Å². The van der Waals surface area contributed by atoms with Gasteiger partial charge in [-0.25, -0.2) is 14.6 Å². The minimum absolute atomic E-state index is 0.133. The van der Waals surface area contributed by atoms with Gasteiger partial charge in [0.1, 0.15) is 17.3 Å². The second kappa shape index (κ2) is 15.5. The lowest BCUT2D eigenvalue weighted by molar-refractivity contribution is 0.0592. The van der Waals surface area contributed by atoms with E-state index in [0.29, 0.717) is 61.5 Å². The zero-order valence-electron chi connectivity index (χ0n) is 29.8. The number of aromatic nitrogens is 3. The molecule has 7 rings (SSSR count). The van der Waals surface area contributed by atoms with E-state index in [9.17, 15) is 14.3 Å². The smallest absolute Gasteiger partial charge is 0.352 e. The zero-order valence-corrected chi connectivity index (χ0v) is 31.4. The van der Waals surface area contributed by atoms with Crippen molar-refractivity contribution in [3.63, 3.8) is 0 Å². The highest BCUT2D eigenvalue weighted by molar-refractivity contribution is 7.98. The Morgan fingerprint density at radius 1 is 1.08 bits per heavy atom. The van der Waals surface area contributed by atoms with Gasteiger partial charge in [0, 0.05) is 61.8 Å². The normalized spacial score (nSPS) is 17.1. The molecule has 0 amide bonds. The van der Waals surface area contributed by atoms with E-state index in [1.807, 2.05) is 48.1 Å². The number of aromatic carboxylic acids is 1. The molecule has 4 heterocycles. The standard InChI is InChI=1S/C39H43ClFN5O5S/c1-44-36-30-11-12-32(40)35(36)37-31(33(43-46(37)3)20-50-15-14-49-4)22-52-21-26-19-27(45(2)42-26)9-7-23-16-24-18-25(41)8-10-28(24)34(17-23)51-13-5-6-29(30)38(44)39(47)48/h8,10-12,16-19,33,43H,5-7,9,13-15,20-22H2,1-4H3,(H,47,48).